The summed E-state index contributed by atoms with van der Waals surface area (Å²) in [6.45, 7) is 3.89. The molecule has 0 spiro atoms. The van der Waals surface area contributed by atoms with E-state index >= 15 is 0 Å². The molecule has 0 aromatic heterocycles. The highest BCUT2D eigenvalue weighted by molar-refractivity contribution is 5.78. The van der Waals surface area contributed by atoms with Crippen molar-refractivity contribution in [3.05, 3.63) is 35.4 Å². The number of fused-ring (bicyclic) bond motifs is 1. The highest BCUT2D eigenvalue weighted by Gasteiger charge is 2.49. The second kappa shape index (κ2) is 10.4. The summed E-state index contributed by atoms with van der Waals surface area (Å²) in [6.07, 6.45) is 2.08. The van der Waals surface area contributed by atoms with Crippen molar-refractivity contribution in [1.29, 1.82) is 0 Å². The van der Waals surface area contributed by atoms with Crippen LogP contribution in [0.15, 0.2) is 24.3 Å². The molecule has 3 atom stereocenters. The summed E-state index contributed by atoms with van der Waals surface area (Å²) in [6, 6.07) is 8.84. The van der Waals surface area contributed by atoms with Crippen LogP contribution < -0.4 is 0 Å². The van der Waals surface area contributed by atoms with Crippen molar-refractivity contribution >= 4 is 5.91 Å². The van der Waals surface area contributed by atoms with E-state index in [1.807, 2.05) is 42.9 Å². The first-order chi connectivity index (χ1) is 14.4. The summed E-state index contributed by atoms with van der Waals surface area (Å²) in [5, 5.41) is 10.1. The number of rotatable bonds is 5. The number of carbonyl (C=O) groups is 1. The van der Waals surface area contributed by atoms with Crippen molar-refractivity contribution in [3.8, 4) is 11.8 Å². The highest BCUT2D eigenvalue weighted by atomic mass is 16.3. The fourth-order valence-electron chi connectivity index (χ4n) is 4.63. The van der Waals surface area contributed by atoms with Gasteiger partial charge in [-0.25, -0.2) is 0 Å². The Kier molecular flexibility index (Phi) is 7.90. The molecule has 1 aromatic rings. The minimum Gasteiger partial charge on any atom is -0.395 e. The number of nitrogens with zero attached hydrogens (tertiary/aromatic N) is 4. The van der Waals surface area contributed by atoms with Crippen LogP contribution in [0, 0.1) is 11.8 Å². The van der Waals surface area contributed by atoms with Gasteiger partial charge in [-0.1, -0.05) is 24.0 Å². The van der Waals surface area contributed by atoms with Crippen molar-refractivity contribution in [2.24, 2.45) is 0 Å². The SMILES string of the molecule is CN(C)CC#Cc1ccc([C@@H]2[C@H]3CN(C(=O)CN(C)C)CCCCN3[C@H]2CO)cc1. The number of hydrogen-bond acceptors (Lipinski definition) is 5. The molecule has 1 N–H and O–H groups in total. The molecule has 2 fully saturated rings. The van der Waals surface area contributed by atoms with Crippen LogP contribution in [0.3, 0.4) is 0 Å². The predicted octanol–water partition coefficient (Wildman–Crippen LogP) is 0.912. The minimum atomic E-state index is 0.129. The molecule has 0 aliphatic carbocycles. The van der Waals surface area contributed by atoms with E-state index in [2.05, 4.69) is 41.0 Å². The number of carbonyl (C=O) groups excluding carboxylic acids is 1. The quantitative estimate of drug-likeness (QED) is 0.729. The van der Waals surface area contributed by atoms with Gasteiger partial charge in [0.2, 0.25) is 5.91 Å². The Bertz CT molecular complexity index is 766. The number of aliphatic hydroxyl groups is 1. The van der Waals surface area contributed by atoms with E-state index in [9.17, 15) is 9.90 Å². The van der Waals surface area contributed by atoms with Crippen molar-refractivity contribution < 1.29 is 9.90 Å². The number of hydrogen-bond donors (Lipinski definition) is 1. The van der Waals surface area contributed by atoms with Crippen molar-refractivity contribution in [3.63, 3.8) is 0 Å². The molecular formula is C24H36N4O2. The van der Waals surface area contributed by atoms with Gasteiger partial charge in [0.25, 0.3) is 0 Å². The van der Waals surface area contributed by atoms with E-state index in [4.69, 9.17) is 0 Å². The van der Waals surface area contributed by atoms with Gasteiger partial charge in [0.15, 0.2) is 0 Å². The average Bonchev–Trinajstić information content (AvgIpc) is 2.67. The van der Waals surface area contributed by atoms with Gasteiger partial charge in [0.05, 0.1) is 19.7 Å². The largest absolute Gasteiger partial charge is 0.395 e. The maximum absolute atomic E-state index is 12.7. The van der Waals surface area contributed by atoms with Gasteiger partial charge in [-0.3, -0.25) is 14.6 Å². The molecule has 1 amide bonds. The lowest BCUT2D eigenvalue weighted by Crippen LogP contribution is -2.68. The van der Waals surface area contributed by atoms with Gasteiger partial charge in [0.1, 0.15) is 0 Å². The van der Waals surface area contributed by atoms with Crippen molar-refractivity contribution in [2.45, 2.75) is 30.8 Å². The number of amides is 1. The molecule has 2 heterocycles. The Morgan fingerprint density at radius 2 is 1.80 bits per heavy atom. The van der Waals surface area contributed by atoms with Gasteiger partial charge in [0, 0.05) is 36.7 Å². The Hall–Kier alpha value is -1.91. The highest BCUT2D eigenvalue weighted by Crippen LogP contribution is 2.41. The summed E-state index contributed by atoms with van der Waals surface area (Å²) >= 11 is 0. The minimum absolute atomic E-state index is 0.129. The van der Waals surface area contributed by atoms with Gasteiger partial charge in [-0.15, -0.1) is 0 Å². The van der Waals surface area contributed by atoms with E-state index < -0.39 is 0 Å². The zero-order valence-electron chi connectivity index (χ0n) is 18.8. The zero-order valence-corrected chi connectivity index (χ0v) is 18.8. The summed E-state index contributed by atoms with van der Waals surface area (Å²) in [5.74, 6) is 6.82. The van der Waals surface area contributed by atoms with Crippen molar-refractivity contribution in [1.82, 2.24) is 19.6 Å². The zero-order chi connectivity index (χ0) is 21.7. The fourth-order valence-corrected chi connectivity index (χ4v) is 4.63. The molecular weight excluding hydrogens is 376 g/mol. The Labute approximate surface area is 181 Å². The van der Waals surface area contributed by atoms with Gasteiger partial charge < -0.3 is 14.9 Å². The third kappa shape index (κ3) is 5.41. The van der Waals surface area contributed by atoms with Crippen LogP contribution in [0.5, 0.6) is 0 Å². The van der Waals surface area contributed by atoms with E-state index in [0.29, 0.717) is 6.54 Å². The summed E-state index contributed by atoms with van der Waals surface area (Å²) < 4.78 is 0. The first-order valence-corrected chi connectivity index (χ1v) is 10.9. The third-order valence-electron chi connectivity index (χ3n) is 6.10. The molecule has 2 aliphatic rings. The van der Waals surface area contributed by atoms with Crippen LogP contribution in [-0.4, -0.2) is 110 Å². The lowest BCUT2D eigenvalue weighted by molar-refractivity contribution is -0.137. The van der Waals surface area contributed by atoms with E-state index in [1.54, 1.807) is 0 Å². The van der Waals surface area contributed by atoms with Crippen LogP contribution in [0.25, 0.3) is 0 Å². The molecule has 164 valence electrons. The summed E-state index contributed by atoms with van der Waals surface area (Å²) in [4.78, 5) is 21.2. The van der Waals surface area contributed by atoms with Crippen LogP contribution in [0.2, 0.25) is 0 Å². The topological polar surface area (TPSA) is 50.3 Å². The smallest absolute Gasteiger partial charge is 0.236 e. The third-order valence-corrected chi connectivity index (χ3v) is 6.10. The van der Waals surface area contributed by atoms with Gasteiger partial charge in [-0.05, 0) is 65.3 Å². The molecule has 30 heavy (non-hydrogen) atoms. The molecule has 0 unspecified atom stereocenters. The monoisotopic (exact) mass is 412 g/mol. The van der Waals surface area contributed by atoms with Crippen LogP contribution in [-0.2, 0) is 4.79 Å². The van der Waals surface area contributed by atoms with Gasteiger partial charge >= 0.3 is 0 Å². The second-order valence-electron chi connectivity index (χ2n) is 9.03. The standard InChI is InChI=1S/C24H36N4O2/c1-25(2)13-7-8-19-9-11-20(12-10-19)24-21-16-27(23(30)17-26(3)4)14-5-6-15-28(21)22(24)18-29/h9-12,21-22,24,29H,5-6,13-18H2,1-4H3/t21-,22+,24-/m1/s1. The summed E-state index contributed by atoms with van der Waals surface area (Å²) in [7, 11) is 7.89. The Morgan fingerprint density at radius 3 is 2.43 bits per heavy atom. The molecule has 0 radical (unpaired) electrons. The molecule has 6 nitrogen and oxygen atoms in total. The van der Waals surface area contributed by atoms with Crippen LogP contribution >= 0.6 is 0 Å². The van der Waals surface area contributed by atoms with E-state index in [-0.39, 0.29) is 30.5 Å². The predicted molar refractivity (Wildman–Crippen MR) is 120 cm³/mol. The van der Waals surface area contributed by atoms with E-state index in [1.165, 1.54) is 5.56 Å². The lowest BCUT2D eigenvalue weighted by Gasteiger charge is -2.57. The molecule has 0 saturated carbocycles. The van der Waals surface area contributed by atoms with Gasteiger partial charge in [-0.2, -0.15) is 0 Å². The summed E-state index contributed by atoms with van der Waals surface area (Å²) in [5.41, 5.74) is 2.24. The number of benzene rings is 1. The first kappa shape index (κ1) is 22.8. The normalized spacial score (nSPS) is 24.5. The Balaban J connectivity index is 1.75. The molecule has 1 aromatic carbocycles. The van der Waals surface area contributed by atoms with E-state index in [0.717, 1.165) is 44.6 Å². The number of likely N-dealkylation sites (N-methyl/N-ethyl adjacent to an activating group) is 1. The molecule has 2 saturated heterocycles. The van der Waals surface area contributed by atoms with Crippen LogP contribution in [0.4, 0.5) is 0 Å². The maximum Gasteiger partial charge on any atom is 0.236 e. The molecule has 0 bridgehead atoms. The fraction of sp³-hybridized carbons (Fsp3) is 0.625. The lowest BCUT2D eigenvalue weighted by atomic mass is 9.74. The molecule has 3 rings (SSSR count). The molecule has 6 heteroatoms. The number of aliphatic hydroxyl groups excluding tert-OH is 1. The van der Waals surface area contributed by atoms with Crippen LogP contribution in [0.1, 0.15) is 29.9 Å². The van der Waals surface area contributed by atoms with Crippen molar-refractivity contribution in [2.75, 3.05) is 67.5 Å². The average molecular weight is 413 g/mol. The Morgan fingerprint density at radius 1 is 1.10 bits per heavy atom. The maximum atomic E-state index is 12.7. The molecule has 2 aliphatic heterocycles. The second-order valence-corrected chi connectivity index (χ2v) is 9.03. The first-order valence-electron chi connectivity index (χ1n) is 10.9.